The molecule has 10 heavy (non-hydrogen) atoms. The monoisotopic (exact) mass is 169 g/mol. The molecule has 0 aromatic carbocycles. The van der Waals surface area contributed by atoms with Crippen molar-refractivity contribution >= 4 is 11.0 Å². The van der Waals surface area contributed by atoms with Crippen molar-refractivity contribution in [3.05, 3.63) is 10.1 Å². The topological polar surface area (TPSA) is 86.5 Å². The van der Waals surface area contributed by atoms with E-state index in [2.05, 4.69) is 4.18 Å². The van der Waals surface area contributed by atoms with Gasteiger partial charge in [-0.1, -0.05) is 0 Å². The van der Waals surface area contributed by atoms with Gasteiger partial charge in [0, 0.05) is 11.3 Å². The second-order valence-corrected chi connectivity index (χ2v) is 2.17. The summed E-state index contributed by atoms with van der Waals surface area (Å²) in [7, 11) is -2.85. The Morgan fingerprint density at radius 2 is 2.10 bits per heavy atom. The molecular weight excluding hydrogens is 162 g/mol. The Kier molecular flexibility index (Phi) is 4.77. The SMILES string of the molecule is O=[N+]([O-])CCCO[SH](=O)=O. The standard InChI is InChI=1S/C3H7NO5S/c5-4(6)2-1-3-9-10(7)8/h10H,1-3H2. The Hall–Kier alpha value is -0.690. The quantitative estimate of drug-likeness (QED) is 0.252. The lowest BCUT2D eigenvalue weighted by Crippen LogP contribution is -2.04. The normalized spacial score (nSPS) is 10.1. The summed E-state index contributed by atoms with van der Waals surface area (Å²) in [5.41, 5.74) is 0. The van der Waals surface area contributed by atoms with Crippen molar-refractivity contribution in [3.8, 4) is 0 Å². The average Bonchev–Trinajstić information content (AvgIpc) is 1.79. The molecule has 0 saturated carbocycles. The van der Waals surface area contributed by atoms with Crippen LogP contribution < -0.4 is 0 Å². The molecule has 0 amide bonds. The second kappa shape index (κ2) is 5.12. The zero-order valence-electron chi connectivity index (χ0n) is 5.06. The van der Waals surface area contributed by atoms with E-state index in [1.807, 2.05) is 0 Å². The van der Waals surface area contributed by atoms with Crippen LogP contribution in [0.4, 0.5) is 0 Å². The van der Waals surface area contributed by atoms with E-state index in [0.29, 0.717) is 0 Å². The van der Waals surface area contributed by atoms with E-state index < -0.39 is 15.9 Å². The summed E-state index contributed by atoms with van der Waals surface area (Å²) >= 11 is 0. The summed E-state index contributed by atoms with van der Waals surface area (Å²) in [6.07, 6.45) is 0.121. The number of thiol groups is 1. The zero-order valence-corrected chi connectivity index (χ0v) is 5.95. The highest BCUT2D eigenvalue weighted by atomic mass is 32.2. The van der Waals surface area contributed by atoms with Crippen molar-refractivity contribution in [2.24, 2.45) is 0 Å². The van der Waals surface area contributed by atoms with Crippen molar-refractivity contribution in [1.82, 2.24) is 0 Å². The molecule has 0 aliphatic carbocycles. The second-order valence-electron chi connectivity index (χ2n) is 1.47. The molecule has 7 heteroatoms. The first-order valence-corrected chi connectivity index (χ1v) is 3.61. The highest BCUT2D eigenvalue weighted by Crippen LogP contribution is 1.82. The van der Waals surface area contributed by atoms with Crippen molar-refractivity contribution in [1.29, 1.82) is 0 Å². The lowest BCUT2D eigenvalue weighted by molar-refractivity contribution is -0.480. The molecule has 0 aliphatic heterocycles. The van der Waals surface area contributed by atoms with E-state index in [0.717, 1.165) is 0 Å². The van der Waals surface area contributed by atoms with Crippen LogP contribution in [0.25, 0.3) is 0 Å². The molecule has 6 nitrogen and oxygen atoms in total. The van der Waals surface area contributed by atoms with Gasteiger partial charge in [0.15, 0.2) is 0 Å². The predicted molar refractivity (Wildman–Crippen MR) is 32.7 cm³/mol. The first-order chi connectivity index (χ1) is 4.63. The summed E-state index contributed by atoms with van der Waals surface area (Å²) in [6, 6.07) is 0. The van der Waals surface area contributed by atoms with Crippen LogP contribution >= 0.6 is 0 Å². The molecule has 0 aromatic heterocycles. The third-order valence-corrected chi connectivity index (χ3v) is 1.08. The number of hydrogen-bond acceptors (Lipinski definition) is 5. The lowest BCUT2D eigenvalue weighted by Gasteiger charge is -1.90. The summed E-state index contributed by atoms with van der Waals surface area (Å²) in [5, 5.41) is 9.64. The van der Waals surface area contributed by atoms with Crippen molar-refractivity contribution in [2.45, 2.75) is 6.42 Å². The van der Waals surface area contributed by atoms with E-state index in [9.17, 15) is 18.5 Å². The number of rotatable bonds is 5. The van der Waals surface area contributed by atoms with Crippen molar-refractivity contribution in [2.75, 3.05) is 13.2 Å². The third-order valence-electron chi connectivity index (χ3n) is 0.682. The summed E-state index contributed by atoms with van der Waals surface area (Å²) in [4.78, 5) is 9.12. The number of hydrogen-bond donors (Lipinski definition) is 1. The lowest BCUT2D eigenvalue weighted by atomic mass is 10.5. The molecule has 0 atom stereocenters. The zero-order chi connectivity index (χ0) is 7.98. The summed E-state index contributed by atoms with van der Waals surface area (Å²) in [5.74, 6) is 0. The molecule has 0 radical (unpaired) electrons. The Morgan fingerprint density at radius 1 is 1.50 bits per heavy atom. The minimum Gasteiger partial charge on any atom is -0.272 e. The van der Waals surface area contributed by atoms with Crippen LogP contribution in [-0.4, -0.2) is 26.5 Å². The maximum absolute atomic E-state index is 9.69. The van der Waals surface area contributed by atoms with Crippen LogP contribution in [0.3, 0.4) is 0 Å². The fourth-order valence-corrected chi connectivity index (χ4v) is 0.611. The van der Waals surface area contributed by atoms with Gasteiger partial charge in [-0.2, -0.15) is 0 Å². The molecular formula is C3H7NO5S. The van der Waals surface area contributed by atoms with Gasteiger partial charge in [-0.3, -0.25) is 14.3 Å². The largest absolute Gasteiger partial charge is 0.272 e. The van der Waals surface area contributed by atoms with Gasteiger partial charge in [-0.05, 0) is 0 Å². The van der Waals surface area contributed by atoms with Gasteiger partial charge in [0.05, 0.1) is 6.61 Å². The number of nitro groups is 1. The first-order valence-electron chi connectivity index (χ1n) is 2.52. The molecule has 0 aliphatic rings. The van der Waals surface area contributed by atoms with Gasteiger partial charge in [-0.25, -0.2) is 8.42 Å². The molecule has 0 bridgehead atoms. The van der Waals surface area contributed by atoms with Gasteiger partial charge in [0.1, 0.15) is 0 Å². The Labute approximate surface area is 59.1 Å². The summed E-state index contributed by atoms with van der Waals surface area (Å²) < 4.78 is 23.4. The van der Waals surface area contributed by atoms with Crippen molar-refractivity contribution < 1.29 is 17.5 Å². The maximum Gasteiger partial charge on any atom is 0.257 e. The van der Waals surface area contributed by atoms with Crippen molar-refractivity contribution in [3.63, 3.8) is 0 Å². The molecule has 0 heterocycles. The fraction of sp³-hybridized carbons (Fsp3) is 1.00. The van der Waals surface area contributed by atoms with Gasteiger partial charge < -0.3 is 0 Å². The highest BCUT2D eigenvalue weighted by Gasteiger charge is 1.95. The molecule has 0 rings (SSSR count). The van der Waals surface area contributed by atoms with Crippen LogP contribution in [0.1, 0.15) is 6.42 Å². The van der Waals surface area contributed by atoms with E-state index in [-0.39, 0.29) is 19.6 Å². The molecule has 0 N–H and O–H groups in total. The van der Waals surface area contributed by atoms with Crippen LogP contribution in [0.2, 0.25) is 0 Å². The Morgan fingerprint density at radius 3 is 2.50 bits per heavy atom. The molecule has 0 spiro atoms. The Balaban J connectivity index is 3.13. The molecule has 60 valence electrons. The maximum atomic E-state index is 9.69. The minimum absolute atomic E-state index is 0.111. The smallest absolute Gasteiger partial charge is 0.257 e. The number of nitrogens with zero attached hydrogens (tertiary/aromatic N) is 1. The fourth-order valence-electron chi connectivity index (χ4n) is 0.333. The van der Waals surface area contributed by atoms with Crippen LogP contribution in [0.5, 0.6) is 0 Å². The molecule has 0 fully saturated rings. The summed E-state index contributed by atoms with van der Waals surface area (Å²) in [6.45, 7) is -0.372. The molecule has 0 aromatic rings. The van der Waals surface area contributed by atoms with Gasteiger partial charge in [0.2, 0.25) is 6.54 Å². The van der Waals surface area contributed by atoms with Gasteiger partial charge in [0.25, 0.3) is 11.0 Å². The van der Waals surface area contributed by atoms with E-state index in [1.54, 1.807) is 0 Å². The molecule has 0 saturated heterocycles. The van der Waals surface area contributed by atoms with Crippen LogP contribution in [0.15, 0.2) is 0 Å². The van der Waals surface area contributed by atoms with E-state index in [4.69, 9.17) is 0 Å². The van der Waals surface area contributed by atoms with Gasteiger partial charge in [-0.15, -0.1) is 0 Å². The van der Waals surface area contributed by atoms with Crippen LogP contribution in [-0.2, 0) is 15.2 Å². The predicted octanol–water partition coefficient (Wildman–Crippen LogP) is -0.804. The minimum atomic E-state index is -2.85. The van der Waals surface area contributed by atoms with E-state index in [1.165, 1.54) is 0 Å². The first kappa shape index (κ1) is 9.31. The van der Waals surface area contributed by atoms with Gasteiger partial charge >= 0.3 is 0 Å². The average molecular weight is 169 g/mol. The third kappa shape index (κ3) is 7.31. The van der Waals surface area contributed by atoms with E-state index >= 15 is 0 Å². The van der Waals surface area contributed by atoms with Crippen LogP contribution in [0, 0.1) is 10.1 Å². The molecule has 0 unspecified atom stereocenters. The Bertz CT molecular complexity index is 168. The highest BCUT2D eigenvalue weighted by molar-refractivity contribution is 7.67.